The molecule has 1 aliphatic rings. The van der Waals surface area contributed by atoms with E-state index < -0.39 is 0 Å². The van der Waals surface area contributed by atoms with Crippen LogP contribution in [-0.4, -0.2) is 37.7 Å². The van der Waals surface area contributed by atoms with Gasteiger partial charge in [0.25, 0.3) is 0 Å². The molecule has 1 aromatic rings. The van der Waals surface area contributed by atoms with Crippen LogP contribution < -0.4 is 10.6 Å². The summed E-state index contributed by atoms with van der Waals surface area (Å²) in [5, 5.41) is 7.96. The van der Waals surface area contributed by atoms with Crippen molar-refractivity contribution in [2.24, 2.45) is 10.4 Å². The summed E-state index contributed by atoms with van der Waals surface area (Å²) < 4.78 is 5.31. The van der Waals surface area contributed by atoms with Crippen molar-refractivity contribution >= 4 is 17.3 Å². The van der Waals surface area contributed by atoms with Crippen molar-refractivity contribution in [2.75, 3.05) is 26.8 Å². The number of aliphatic imine (C=N–C) groups is 1. The Hall–Kier alpha value is -1.14. The maximum atomic E-state index is 5.31. The van der Waals surface area contributed by atoms with Gasteiger partial charge in [-0.3, -0.25) is 0 Å². The third-order valence-corrected chi connectivity index (χ3v) is 5.41. The lowest BCUT2D eigenvalue weighted by Crippen LogP contribution is -2.43. The summed E-state index contributed by atoms with van der Waals surface area (Å²) in [6.45, 7) is 7.49. The van der Waals surface area contributed by atoms with Crippen LogP contribution in [0.1, 0.15) is 48.9 Å². The Morgan fingerprint density at radius 2 is 2.17 bits per heavy atom. The maximum Gasteiger partial charge on any atom is 0.191 e. The van der Waals surface area contributed by atoms with Crippen LogP contribution in [0.15, 0.2) is 11.2 Å². The van der Waals surface area contributed by atoms with E-state index in [-0.39, 0.29) is 0 Å². The van der Waals surface area contributed by atoms with Gasteiger partial charge in [-0.1, -0.05) is 12.8 Å². The van der Waals surface area contributed by atoms with Gasteiger partial charge in [0.2, 0.25) is 0 Å². The molecule has 130 valence electrons. The Kier molecular flexibility index (Phi) is 7.30. The highest BCUT2D eigenvalue weighted by molar-refractivity contribution is 7.11. The van der Waals surface area contributed by atoms with Gasteiger partial charge in [0.1, 0.15) is 5.01 Å². The minimum absolute atomic E-state index is 0.365. The van der Waals surface area contributed by atoms with E-state index in [1.165, 1.54) is 30.6 Å². The molecule has 0 bridgehead atoms. The molecule has 0 atom stereocenters. The van der Waals surface area contributed by atoms with Crippen LogP contribution in [0.4, 0.5) is 0 Å². The summed E-state index contributed by atoms with van der Waals surface area (Å²) in [5.74, 6) is 0.893. The SMILES string of the molecule is CCNC(=NCc1ncc(C)s1)NCC1(CCOC)CCCC1. The molecule has 5 nitrogen and oxygen atoms in total. The molecular formula is C17H30N4OS. The van der Waals surface area contributed by atoms with E-state index in [0.29, 0.717) is 12.0 Å². The topological polar surface area (TPSA) is 58.5 Å². The van der Waals surface area contributed by atoms with Crippen molar-refractivity contribution in [3.8, 4) is 0 Å². The van der Waals surface area contributed by atoms with Crippen molar-refractivity contribution in [3.05, 3.63) is 16.1 Å². The van der Waals surface area contributed by atoms with Gasteiger partial charge in [0.15, 0.2) is 5.96 Å². The van der Waals surface area contributed by atoms with Crippen molar-refractivity contribution in [3.63, 3.8) is 0 Å². The summed E-state index contributed by atoms with van der Waals surface area (Å²) in [4.78, 5) is 10.3. The Morgan fingerprint density at radius 3 is 2.78 bits per heavy atom. The van der Waals surface area contributed by atoms with Gasteiger partial charge in [-0.05, 0) is 38.5 Å². The molecule has 1 aromatic heterocycles. The van der Waals surface area contributed by atoms with Crippen LogP contribution >= 0.6 is 11.3 Å². The van der Waals surface area contributed by atoms with E-state index >= 15 is 0 Å². The summed E-state index contributed by atoms with van der Waals surface area (Å²) in [7, 11) is 1.79. The molecule has 0 radical (unpaired) electrons. The summed E-state index contributed by atoms with van der Waals surface area (Å²) in [5.41, 5.74) is 0.365. The van der Waals surface area contributed by atoms with E-state index in [1.54, 1.807) is 18.4 Å². The molecule has 0 unspecified atom stereocenters. The Labute approximate surface area is 144 Å². The maximum absolute atomic E-state index is 5.31. The average molecular weight is 339 g/mol. The zero-order valence-electron chi connectivity index (χ0n) is 14.7. The van der Waals surface area contributed by atoms with E-state index in [9.17, 15) is 0 Å². The van der Waals surface area contributed by atoms with Crippen LogP contribution in [0, 0.1) is 12.3 Å². The van der Waals surface area contributed by atoms with Crippen molar-refractivity contribution in [2.45, 2.75) is 52.5 Å². The third-order valence-electron chi connectivity index (χ3n) is 4.52. The molecule has 2 rings (SSSR count). The lowest BCUT2D eigenvalue weighted by molar-refractivity contribution is 0.138. The highest BCUT2D eigenvalue weighted by atomic mass is 32.1. The van der Waals surface area contributed by atoms with Crippen LogP contribution in [0.3, 0.4) is 0 Å². The van der Waals surface area contributed by atoms with Gasteiger partial charge < -0.3 is 15.4 Å². The molecule has 1 aliphatic carbocycles. The number of hydrogen-bond donors (Lipinski definition) is 2. The average Bonchev–Trinajstić information content (AvgIpc) is 3.18. The molecule has 0 aromatic carbocycles. The van der Waals surface area contributed by atoms with Crippen molar-refractivity contribution in [1.82, 2.24) is 15.6 Å². The first-order valence-corrected chi connectivity index (χ1v) is 9.41. The minimum Gasteiger partial charge on any atom is -0.385 e. The number of nitrogens with one attached hydrogen (secondary N) is 2. The standard InChI is InChI=1S/C17H30N4OS/c1-4-18-16(20-12-15-19-11-14(2)23-15)21-13-17(9-10-22-3)7-5-6-8-17/h11H,4-10,12-13H2,1-3H3,(H2,18,20,21). The normalized spacial score (nSPS) is 17.4. The van der Waals surface area contributed by atoms with Crippen LogP contribution in [0.25, 0.3) is 0 Å². The second-order valence-electron chi connectivity index (χ2n) is 6.36. The third kappa shape index (κ3) is 5.77. The van der Waals surface area contributed by atoms with Gasteiger partial charge >= 0.3 is 0 Å². The quantitative estimate of drug-likeness (QED) is 0.565. The number of thiazole rings is 1. The molecule has 1 heterocycles. The Balaban J connectivity index is 1.92. The summed E-state index contributed by atoms with van der Waals surface area (Å²) in [6.07, 6.45) is 8.27. The minimum atomic E-state index is 0.365. The van der Waals surface area contributed by atoms with Crippen molar-refractivity contribution < 1.29 is 4.74 Å². The number of guanidine groups is 1. The number of methoxy groups -OCH3 is 1. The molecule has 1 saturated carbocycles. The molecule has 1 fully saturated rings. The number of rotatable bonds is 8. The smallest absolute Gasteiger partial charge is 0.191 e. The highest BCUT2D eigenvalue weighted by Gasteiger charge is 2.33. The van der Waals surface area contributed by atoms with Crippen LogP contribution in [0.5, 0.6) is 0 Å². The fourth-order valence-corrected chi connectivity index (χ4v) is 3.90. The van der Waals surface area contributed by atoms with Crippen molar-refractivity contribution in [1.29, 1.82) is 0 Å². The predicted octanol–water partition coefficient (Wildman–Crippen LogP) is 3.10. The molecular weight excluding hydrogens is 308 g/mol. The zero-order valence-corrected chi connectivity index (χ0v) is 15.5. The number of ether oxygens (including phenoxy) is 1. The van der Waals surface area contributed by atoms with E-state index in [1.807, 2.05) is 6.20 Å². The summed E-state index contributed by atoms with van der Waals surface area (Å²) >= 11 is 1.71. The number of aryl methyl sites for hydroxylation is 1. The lowest BCUT2D eigenvalue weighted by Gasteiger charge is -2.29. The highest BCUT2D eigenvalue weighted by Crippen LogP contribution is 2.40. The Bertz CT molecular complexity index is 495. The molecule has 6 heteroatoms. The molecule has 0 saturated heterocycles. The summed E-state index contributed by atoms with van der Waals surface area (Å²) in [6, 6.07) is 0. The van der Waals surface area contributed by atoms with E-state index in [2.05, 4.69) is 34.5 Å². The van der Waals surface area contributed by atoms with Crippen LogP contribution in [-0.2, 0) is 11.3 Å². The molecule has 0 aliphatic heterocycles. The zero-order chi connectivity index (χ0) is 16.5. The van der Waals surface area contributed by atoms with Crippen LogP contribution in [0.2, 0.25) is 0 Å². The first-order chi connectivity index (χ1) is 11.2. The second kappa shape index (κ2) is 9.23. The first kappa shape index (κ1) is 18.2. The fraction of sp³-hybridized carbons (Fsp3) is 0.765. The van der Waals surface area contributed by atoms with Gasteiger partial charge in [0.05, 0.1) is 6.54 Å². The number of aromatic nitrogens is 1. The predicted molar refractivity (Wildman–Crippen MR) is 97.1 cm³/mol. The van der Waals surface area contributed by atoms with Gasteiger partial charge in [-0.2, -0.15) is 0 Å². The second-order valence-corrected chi connectivity index (χ2v) is 7.68. The largest absolute Gasteiger partial charge is 0.385 e. The van der Waals surface area contributed by atoms with Gasteiger partial charge in [-0.15, -0.1) is 11.3 Å². The lowest BCUT2D eigenvalue weighted by atomic mass is 9.83. The monoisotopic (exact) mass is 338 g/mol. The van der Waals surface area contributed by atoms with Gasteiger partial charge in [0, 0.05) is 37.9 Å². The number of hydrogen-bond acceptors (Lipinski definition) is 4. The number of nitrogens with zero attached hydrogens (tertiary/aromatic N) is 2. The van der Waals surface area contributed by atoms with E-state index in [4.69, 9.17) is 4.74 Å². The van der Waals surface area contributed by atoms with E-state index in [0.717, 1.165) is 37.1 Å². The Morgan fingerprint density at radius 1 is 1.39 bits per heavy atom. The fourth-order valence-electron chi connectivity index (χ4n) is 3.19. The molecule has 0 amide bonds. The molecule has 0 spiro atoms. The first-order valence-electron chi connectivity index (χ1n) is 8.60. The van der Waals surface area contributed by atoms with Gasteiger partial charge in [-0.25, -0.2) is 9.98 Å². The molecule has 23 heavy (non-hydrogen) atoms. The molecule has 2 N–H and O–H groups in total.